The maximum absolute atomic E-state index is 13.7. The molecule has 4 N–H and O–H groups in total. The van der Waals surface area contributed by atoms with E-state index < -0.39 is 17.2 Å². The van der Waals surface area contributed by atoms with Crippen molar-refractivity contribution in [2.24, 2.45) is 0 Å². The van der Waals surface area contributed by atoms with Crippen LogP contribution in [0, 0.1) is 24.2 Å². The zero-order valence-electron chi connectivity index (χ0n) is 16.8. The van der Waals surface area contributed by atoms with E-state index in [1.165, 1.54) is 16.7 Å². The van der Waals surface area contributed by atoms with Crippen molar-refractivity contribution in [1.29, 1.82) is 5.26 Å². The number of rotatable bonds is 5. The fourth-order valence-corrected chi connectivity index (χ4v) is 3.31. The van der Waals surface area contributed by atoms with E-state index in [-0.39, 0.29) is 24.1 Å². The van der Waals surface area contributed by atoms with Crippen molar-refractivity contribution in [3.05, 3.63) is 79.4 Å². The van der Waals surface area contributed by atoms with E-state index in [9.17, 15) is 19.2 Å². The van der Waals surface area contributed by atoms with Crippen molar-refractivity contribution in [1.82, 2.24) is 14.5 Å². The number of aromatic nitrogens is 3. The number of benzene rings is 1. The predicted molar refractivity (Wildman–Crippen MR) is 112 cm³/mol. The SMILES string of the molecule is Cc1cc(C#N)cc(Nc2c(C(C)C)c(=O)[nH]c(=O)n2Cc2cc(N)nc(F)c2)c1. The standard InChI is InChI=1S/C21H21FN6O2/c1-11(2)18-19(25-15-5-12(3)4-13(6-15)9-23)28(21(30)27-20(18)29)10-14-7-16(22)26-17(24)8-14/h4-8,11,25H,10H2,1-3H3,(H2,24,26)(H,27,29,30). The minimum Gasteiger partial charge on any atom is -0.384 e. The highest BCUT2D eigenvalue weighted by atomic mass is 19.1. The number of anilines is 3. The molecule has 0 saturated heterocycles. The second-order valence-corrected chi connectivity index (χ2v) is 7.31. The average molecular weight is 408 g/mol. The Balaban J connectivity index is 2.21. The van der Waals surface area contributed by atoms with E-state index in [1.807, 2.05) is 20.8 Å². The molecule has 8 nitrogen and oxygen atoms in total. The van der Waals surface area contributed by atoms with Gasteiger partial charge in [0.05, 0.1) is 23.7 Å². The summed E-state index contributed by atoms with van der Waals surface area (Å²) in [5.74, 6) is -0.733. The summed E-state index contributed by atoms with van der Waals surface area (Å²) in [5, 5.41) is 12.4. The molecule has 0 radical (unpaired) electrons. The normalized spacial score (nSPS) is 10.8. The van der Waals surface area contributed by atoms with Crippen molar-refractivity contribution in [2.75, 3.05) is 11.1 Å². The third-order valence-electron chi connectivity index (χ3n) is 4.50. The maximum atomic E-state index is 13.7. The summed E-state index contributed by atoms with van der Waals surface area (Å²) in [6, 6.07) is 9.86. The smallest absolute Gasteiger partial charge is 0.330 e. The van der Waals surface area contributed by atoms with Crippen LogP contribution in [0.1, 0.15) is 42.0 Å². The molecule has 0 amide bonds. The zero-order chi connectivity index (χ0) is 22.0. The number of nitrogen functional groups attached to an aromatic ring is 1. The van der Waals surface area contributed by atoms with Crippen LogP contribution in [0.25, 0.3) is 0 Å². The molecule has 0 aliphatic heterocycles. The van der Waals surface area contributed by atoms with Crippen LogP contribution >= 0.6 is 0 Å². The Bertz CT molecular complexity index is 1250. The molecule has 30 heavy (non-hydrogen) atoms. The molecule has 0 spiro atoms. The van der Waals surface area contributed by atoms with Gasteiger partial charge in [-0.2, -0.15) is 9.65 Å². The topological polar surface area (TPSA) is 130 Å². The first-order valence-corrected chi connectivity index (χ1v) is 9.25. The second-order valence-electron chi connectivity index (χ2n) is 7.31. The number of nitriles is 1. The fourth-order valence-electron chi connectivity index (χ4n) is 3.31. The quantitative estimate of drug-likeness (QED) is 0.557. The number of hydrogen-bond donors (Lipinski definition) is 3. The Kier molecular flexibility index (Phi) is 5.69. The largest absolute Gasteiger partial charge is 0.384 e. The van der Waals surface area contributed by atoms with Crippen molar-refractivity contribution in [2.45, 2.75) is 33.2 Å². The van der Waals surface area contributed by atoms with Crippen molar-refractivity contribution in [3.63, 3.8) is 0 Å². The van der Waals surface area contributed by atoms with Crippen LogP contribution in [0.3, 0.4) is 0 Å². The van der Waals surface area contributed by atoms with E-state index in [2.05, 4.69) is 21.4 Å². The van der Waals surface area contributed by atoms with Crippen LogP contribution < -0.4 is 22.3 Å². The van der Waals surface area contributed by atoms with Gasteiger partial charge in [-0.3, -0.25) is 14.3 Å². The molecule has 9 heteroatoms. The van der Waals surface area contributed by atoms with E-state index >= 15 is 0 Å². The average Bonchev–Trinajstić information content (AvgIpc) is 2.63. The van der Waals surface area contributed by atoms with Gasteiger partial charge in [-0.25, -0.2) is 9.78 Å². The number of nitrogens with two attached hydrogens (primary N) is 1. The Labute approximate surface area is 171 Å². The molecule has 2 heterocycles. The molecule has 0 aliphatic rings. The maximum Gasteiger partial charge on any atom is 0.330 e. The Morgan fingerprint density at radius 1 is 1.27 bits per heavy atom. The zero-order valence-corrected chi connectivity index (χ0v) is 16.8. The van der Waals surface area contributed by atoms with Crippen molar-refractivity contribution >= 4 is 17.3 Å². The van der Waals surface area contributed by atoms with E-state index in [1.54, 1.807) is 18.2 Å². The van der Waals surface area contributed by atoms with Gasteiger partial charge in [0.25, 0.3) is 5.56 Å². The Morgan fingerprint density at radius 3 is 2.63 bits per heavy atom. The number of hydrogen-bond acceptors (Lipinski definition) is 6. The molecule has 3 aromatic rings. The summed E-state index contributed by atoms with van der Waals surface area (Å²) in [6.45, 7) is 5.44. The molecule has 0 unspecified atom stereocenters. The van der Waals surface area contributed by atoms with Crippen LogP contribution in [-0.2, 0) is 6.54 Å². The molecule has 0 atom stereocenters. The lowest BCUT2D eigenvalue weighted by Gasteiger charge is -2.20. The van der Waals surface area contributed by atoms with E-state index in [0.29, 0.717) is 22.4 Å². The van der Waals surface area contributed by atoms with Gasteiger partial charge in [0, 0.05) is 5.69 Å². The van der Waals surface area contributed by atoms with Crippen LogP contribution in [-0.4, -0.2) is 14.5 Å². The third-order valence-corrected chi connectivity index (χ3v) is 4.50. The second kappa shape index (κ2) is 8.21. The minimum absolute atomic E-state index is 0.0154. The molecule has 0 aliphatic carbocycles. The van der Waals surface area contributed by atoms with Crippen molar-refractivity contribution < 1.29 is 4.39 Å². The highest BCUT2D eigenvalue weighted by Gasteiger charge is 2.19. The van der Waals surface area contributed by atoms with Gasteiger partial charge in [0.1, 0.15) is 11.6 Å². The van der Waals surface area contributed by atoms with Crippen molar-refractivity contribution in [3.8, 4) is 6.07 Å². The summed E-state index contributed by atoms with van der Waals surface area (Å²) in [5.41, 5.74) is 7.05. The predicted octanol–water partition coefficient (Wildman–Crippen LogP) is 2.75. The van der Waals surface area contributed by atoms with Gasteiger partial charge in [-0.15, -0.1) is 0 Å². The first-order valence-electron chi connectivity index (χ1n) is 9.25. The molecule has 0 bridgehead atoms. The first kappa shape index (κ1) is 20.8. The third kappa shape index (κ3) is 4.38. The molecular weight excluding hydrogens is 387 g/mol. The van der Waals surface area contributed by atoms with Gasteiger partial charge < -0.3 is 11.1 Å². The van der Waals surface area contributed by atoms with Gasteiger partial charge >= 0.3 is 5.69 Å². The minimum atomic E-state index is -0.765. The molecule has 3 rings (SSSR count). The summed E-state index contributed by atoms with van der Waals surface area (Å²) in [7, 11) is 0. The number of nitrogens with zero attached hydrogens (tertiary/aromatic N) is 3. The molecule has 0 saturated carbocycles. The molecule has 154 valence electrons. The van der Waals surface area contributed by atoms with Crippen LogP contribution in [0.5, 0.6) is 0 Å². The van der Waals surface area contributed by atoms with E-state index in [0.717, 1.165) is 5.56 Å². The molecule has 2 aromatic heterocycles. The number of halogens is 1. The van der Waals surface area contributed by atoms with Gasteiger partial charge in [-0.1, -0.05) is 13.8 Å². The van der Waals surface area contributed by atoms with Gasteiger partial charge in [-0.05, 0) is 54.3 Å². The monoisotopic (exact) mass is 408 g/mol. The summed E-state index contributed by atoms with van der Waals surface area (Å²) < 4.78 is 15.0. The van der Waals surface area contributed by atoms with Gasteiger partial charge in [0.15, 0.2) is 0 Å². The lowest BCUT2D eigenvalue weighted by Crippen LogP contribution is -2.35. The summed E-state index contributed by atoms with van der Waals surface area (Å²) in [6.07, 6.45) is 0. The highest BCUT2D eigenvalue weighted by molar-refractivity contribution is 5.63. The molecule has 1 aromatic carbocycles. The summed E-state index contributed by atoms with van der Waals surface area (Å²) in [4.78, 5) is 31.0. The fraction of sp³-hybridized carbons (Fsp3) is 0.238. The first-order chi connectivity index (χ1) is 14.2. The van der Waals surface area contributed by atoms with Crippen LogP contribution in [0.4, 0.5) is 21.7 Å². The Hall–Kier alpha value is -3.93. The number of H-pyrrole nitrogens is 1. The number of aromatic amines is 1. The van der Waals surface area contributed by atoms with Crippen LogP contribution in [0.2, 0.25) is 0 Å². The van der Waals surface area contributed by atoms with Gasteiger partial charge in [0.2, 0.25) is 5.95 Å². The number of aryl methyl sites for hydroxylation is 1. The lowest BCUT2D eigenvalue weighted by molar-refractivity contribution is 0.581. The van der Waals surface area contributed by atoms with Crippen LogP contribution in [0.15, 0.2) is 39.9 Å². The molecule has 0 fully saturated rings. The Morgan fingerprint density at radius 2 is 2.00 bits per heavy atom. The summed E-state index contributed by atoms with van der Waals surface area (Å²) >= 11 is 0. The number of pyridine rings is 1. The number of nitrogens with one attached hydrogen (secondary N) is 2. The highest BCUT2D eigenvalue weighted by Crippen LogP contribution is 2.25. The lowest BCUT2D eigenvalue weighted by atomic mass is 10.0. The van der Waals surface area contributed by atoms with E-state index in [4.69, 9.17) is 5.73 Å². The molecular formula is C21H21FN6O2.